The summed E-state index contributed by atoms with van der Waals surface area (Å²) in [5, 5.41) is 12.6. The van der Waals surface area contributed by atoms with Gasteiger partial charge < -0.3 is 8.83 Å². The molecule has 2 aromatic heterocycles. The Morgan fingerprint density at radius 3 is 1.48 bits per heavy atom. The lowest BCUT2D eigenvalue weighted by atomic mass is 10.1. The molecule has 0 radical (unpaired) electrons. The molecule has 2 heterocycles. The predicted octanol–water partition coefficient (Wildman–Crippen LogP) is 0.733. The Morgan fingerprint density at radius 2 is 1.16 bits per heavy atom. The lowest BCUT2D eigenvalue weighted by molar-refractivity contribution is 0.440. The van der Waals surface area contributed by atoms with Crippen molar-refractivity contribution in [2.24, 2.45) is 0 Å². The van der Waals surface area contributed by atoms with Crippen LogP contribution < -0.4 is 0 Å². The molecule has 0 amide bonds. The second-order valence-corrected chi connectivity index (χ2v) is 8.81. The minimum atomic E-state index is -3.72. The van der Waals surface area contributed by atoms with Crippen LogP contribution in [0, 0.1) is 5.82 Å². The van der Waals surface area contributed by atoms with Crippen molar-refractivity contribution in [3.8, 4) is 22.9 Å². The molecule has 0 saturated carbocycles. The molecule has 0 fully saturated rings. The van der Waals surface area contributed by atoms with Gasteiger partial charge in [-0.1, -0.05) is 10.2 Å². The van der Waals surface area contributed by atoms with Gasteiger partial charge in [0, 0.05) is 23.6 Å². The molecule has 0 aliphatic heterocycles. The topological polar surface area (TPSA) is 146 Å². The Bertz CT molecular complexity index is 1080. The van der Waals surface area contributed by atoms with E-state index in [1.54, 1.807) is 0 Å². The minimum Gasteiger partial charge on any atom is -0.408 e. The lowest BCUT2D eigenvalue weighted by Crippen LogP contribution is -1.96. The van der Waals surface area contributed by atoms with Gasteiger partial charge >= 0.3 is 10.4 Å². The molecule has 13 heteroatoms. The third kappa shape index (κ3) is 3.56. The van der Waals surface area contributed by atoms with Gasteiger partial charge in [-0.25, -0.2) is 21.2 Å². The molecule has 0 spiro atoms. The molecule has 132 valence electrons. The fourth-order valence-electron chi connectivity index (χ4n) is 1.79. The fourth-order valence-corrected chi connectivity index (χ4v) is 2.63. The van der Waals surface area contributed by atoms with Crippen LogP contribution in [0.1, 0.15) is 0 Å². The van der Waals surface area contributed by atoms with Gasteiger partial charge in [-0.3, -0.25) is 0 Å². The Labute approximate surface area is 140 Å². The van der Waals surface area contributed by atoms with Gasteiger partial charge in [-0.15, -0.1) is 10.2 Å². The molecule has 0 N–H and O–H groups in total. The second kappa shape index (κ2) is 5.70. The molecule has 3 rings (SSSR count). The zero-order valence-corrected chi connectivity index (χ0v) is 14.3. The molecule has 0 bridgehead atoms. The summed E-state index contributed by atoms with van der Waals surface area (Å²) in [5.74, 6) is -1.24. The van der Waals surface area contributed by atoms with Crippen molar-refractivity contribution in [2.45, 2.75) is 10.4 Å². The Hall–Kier alpha value is -2.67. The van der Waals surface area contributed by atoms with Crippen LogP contribution in [0.2, 0.25) is 0 Å². The van der Waals surface area contributed by atoms with Crippen molar-refractivity contribution in [3.63, 3.8) is 0 Å². The van der Waals surface area contributed by atoms with E-state index in [4.69, 9.17) is 8.83 Å². The van der Waals surface area contributed by atoms with Gasteiger partial charge in [0.25, 0.3) is 0 Å². The first-order valence-corrected chi connectivity index (χ1v) is 10.2. The molecule has 0 saturated heterocycles. The highest BCUT2D eigenvalue weighted by Gasteiger charge is 2.21. The van der Waals surface area contributed by atoms with Crippen molar-refractivity contribution < 1.29 is 30.1 Å². The monoisotopic (exact) mass is 388 g/mol. The first-order valence-electron chi connectivity index (χ1n) is 6.42. The van der Waals surface area contributed by atoms with E-state index in [2.05, 4.69) is 20.4 Å². The lowest BCUT2D eigenvalue weighted by Gasteiger charge is -1.99. The summed E-state index contributed by atoms with van der Waals surface area (Å²) in [7, 11) is -7.43. The van der Waals surface area contributed by atoms with Crippen LogP contribution >= 0.6 is 0 Å². The van der Waals surface area contributed by atoms with Crippen LogP contribution in [0.3, 0.4) is 0 Å². The average Bonchev–Trinajstić information content (AvgIpc) is 3.15. The fraction of sp³-hybridized carbons (Fsp3) is 0.167. The maximum absolute atomic E-state index is 13.9. The predicted molar refractivity (Wildman–Crippen MR) is 79.2 cm³/mol. The molecular weight excluding hydrogens is 379 g/mol. The van der Waals surface area contributed by atoms with Crippen molar-refractivity contribution in [1.29, 1.82) is 0 Å². The van der Waals surface area contributed by atoms with E-state index < -0.39 is 35.9 Å². The van der Waals surface area contributed by atoms with Crippen LogP contribution in [0.5, 0.6) is 0 Å². The smallest absolute Gasteiger partial charge is 0.335 e. The molecule has 3 aromatic rings. The molecule has 25 heavy (non-hydrogen) atoms. The van der Waals surface area contributed by atoms with Gasteiger partial charge in [-0.05, 0) is 18.2 Å². The third-order valence-electron chi connectivity index (χ3n) is 2.84. The SMILES string of the molecule is CS(=O)(=O)c1nnc(-c2cc(F)cc(-c3nnc(S(C)(=O)=O)o3)c2)o1. The van der Waals surface area contributed by atoms with E-state index in [9.17, 15) is 21.2 Å². The highest BCUT2D eigenvalue weighted by molar-refractivity contribution is 7.90. The number of sulfone groups is 2. The third-order valence-corrected chi connectivity index (χ3v) is 4.44. The van der Waals surface area contributed by atoms with Crippen LogP contribution in [-0.4, -0.2) is 49.7 Å². The van der Waals surface area contributed by atoms with Crippen LogP contribution in [0.15, 0.2) is 37.5 Å². The largest absolute Gasteiger partial charge is 0.408 e. The van der Waals surface area contributed by atoms with Crippen molar-refractivity contribution in [3.05, 3.63) is 24.0 Å². The number of hydrogen-bond donors (Lipinski definition) is 0. The summed E-state index contributed by atoms with van der Waals surface area (Å²) in [6, 6.07) is 3.36. The van der Waals surface area contributed by atoms with Crippen molar-refractivity contribution in [2.75, 3.05) is 12.5 Å². The number of hydrogen-bond acceptors (Lipinski definition) is 10. The molecule has 0 aliphatic rings. The number of halogens is 1. The summed E-state index contributed by atoms with van der Waals surface area (Å²) >= 11 is 0. The van der Waals surface area contributed by atoms with Crippen molar-refractivity contribution in [1.82, 2.24) is 20.4 Å². The molecule has 0 aliphatic carbocycles. The summed E-state index contributed by atoms with van der Waals surface area (Å²) in [5.41, 5.74) is 0.105. The van der Waals surface area contributed by atoms with E-state index in [1.807, 2.05) is 0 Å². The van der Waals surface area contributed by atoms with E-state index in [-0.39, 0.29) is 22.9 Å². The van der Waals surface area contributed by atoms with Crippen molar-refractivity contribution >= 4 is 19.7 Å². The molecule has 1 aromatic carbocycles. The summed E-state index contributed by atoms with van der Waals surface area (Å²) in [4.78, 5) is 0. The zero-order chi connectivity index (χ0) is 18.4. The van der Waals surface area contributed by atoms with Gasteiger partial charge in [0.1, 0.15) is 5.82 Å². The number of rotatable bonds is 4. The molecular formula is C12H9FN4O6S2. The maximum Gasteiger partial charge on any atom is 0.335 e. The van der Waals surface area contributed by atoms with Crippen LogP contribution in [0.4, 0.5) is 4.39 Å². The standard InChI is InChI=1S/C12H9FN4O6S2/c1-24(18,19)11-16-14-9(22-11)6-3-7(5-8(13)4-6)10-15-17-12(23-10)25(2,20)21/h3-5H,1-2H3. The second-order valence-electron chi connectivity index (χ2n) is 5.02. The Balaban J connectivity index is 2.07. The quantitative estimate of drug-likeness (QED) is 0.626. The average molecular weight is 388 g/mol. The minimum absolute atomic E-state index is 0.0523. The Morgan fingerprint density at radius 1 is 0.760 bits per heavy atom. The van der Waals surface area contributed by atoms with E-state index in [1.165, 1.54) is 6.07 Å². The first-order chi connectivity index (χ1) is 11.5. The van der Waals surface area contributed by atoms with E-state index in [0.29, 0.717) is 0 Å². The normalized spacial score (nSPS) is 12.4. The van der Waals surface area contributed by atoms with E-state index in [0.717, 1.165) is 24.6 Å². The van der Waals surface area contributed by atoms with Gasteiger partial charge in [-0.2, -0.15) is 0 Å². The number of benzene rings is 1. The maximum atomic E-state index is 13.9. The number of nitrogens with zero attached hydrogens (tertiary/aromatic N) is 4. The molecule has 0 unspecified atom stereocenters. The van der Waals surface area contributed by atoms with Gasteiger partial charge in [0.2, 0.25) is 31.5 Å². The van der Waals surface area contributed by atoms with E-state index >= 15 is 0 Å². The Kier molecular flexibility index (Phi) is 3.91. The summed E-state index contributed by atoms with van der Waals surface area (Å²) in [6.45, 7) is 0. The summed E-state index contributed by atoms with van der Waals surface area (Å²) in [6.07, 6.45) is 1.76. The first kappa shape index (κ1) is 17.2. The van der Waals surface area contributed by atoms with Gasteiger partial charge in [0.05, 0.1) is 0 Å². The van der Waals surface area contributed by atoms with Crippen LogP contribution in [0.25, 0.3) is 22.9 Å². The van der Waals surface area contributed by atoms with Gasteiger partial charge in [0.15, 0.2) is 0 Å². The highest BCUT2D eigenvalue weighted by Crippen LogP contribution is 2.27. The van der Waals surface area contributed by atoms with Crippen LogP contribution in [-0.2, 0) is 19.7 Å². The number of aromatic nitrogens is 4. The molecule has 10 nitrogen and oxygen atoms in total. The molecule has 0 atom stereocenters. The zero-order valence-electron chi connectivity index (χ0n) is 12.7. The summed E-state index contributed by atoms with van der Waals surface area (Å²) < 4.78 is 69.3. The highest BCUT2D eigenvalue weighted by atomic mass is 32.2.